The number of allylic oxidation sites excluding steroid dienone is 1. The Morgan fingerprint density at radius 2 is 1.95 bits per heavy atom. The smallest absolute Gasteiger partial charge is 0.134 e. The van der Waals surface area contributed by atoms with E-state index < -0.39 is 0 Å². The van der Waals surface area contributed by atoms with Crippen LogP contribution in [0.1, 0.15) is 44.2 Å². The average Bonchev–Trinajstić information content (AvgIpc) is 2.77. The number of ketones is 1. The Morgan fingerprint density at radius 3 is 2.73 bits per heavy atom. The van der Waals surface area contributed by atoms with Gasteiger partial charge in [0.15, 0.2) is 0 Å². The second-order valence-electron chi connectivity index (χ2n) is 7.34. The van der Waals surface area contributed by atoms with Crippen molar-refractivity contribution in [3.63, 3.8) is 0 Å². The van der Waals surface area contributed by atoms with Gasteiger partial charge < -0.3 is 0 Å². The molecule has 4 atom stereocenters. The molecular formula is C21H22O. The molecule has 0 aliphatic heterocycles. The number of hydrogen-bond donors (Lipinski definition) is 0. The van der Waals surface area contributed by atoms with Gasteiger partial charge >= 0.3 is 0 Å². The van der Waals surface area contributed by atoms with Gasteiger partial charge in [0.1, 0.15) is 5.78 Å². The molecule has 0 amide bonds. The Morgan fingerprint density at radius 1 is 1.18 bits per heavy atom. The molecule has 1 heteroatoms. The molecule has 1 saturated carbocycles. The van der Waals surface area contributed by atoms with Crippen LogP contribution in [0.5, 0.6) is 0 Å². The van der Waals surface area contributed by atoms with Gasteiger partial charge in [-0.25, -0.2) is 0 Å². The second-order valence-corrected chi connectivity index (χ2v) is 7.34. The van der Waals surface area contributed by atoms with Gasteiger partial charge in [0, 0.05) is 11.3 Å². The third-order valence-electron chi connectivity index (χ3n) is 6.02. The highest BCUT2D eigenvalue weighted by Crippen LogP contribution is 2.59. The Bertz CT molecular complexity index is 801. The fourth-order valence-electron chi connectivity index (χ4n) is 5.18. The van der Waals surface area contributed by atoms with Crippen LogP contribution in [0.4, 0.5) is 0 Å². The van der Waals surface area contributed by atoms with Crippen molar-refractivity contribution in [3.8, 4) is 0 Å². The summed E-state index contributed by atoms with van der Waals surface area (Å²) < 4.78 is 0. The first-order valence-electron chi connectivity index (χ1n) is 8.23. The molecule has 0 bridgehead atoms. The monoisotopic (exact) mass is 290 g/mol. The molecule has 2 aliphatic carbocycles. The van der Waals surface area contributed by atoms with Crippen LogP contribution in [-0.2, 0) is 4.79 Å². The summed E-state index contributed by atoms with van der Waals surface area (Å²) in [5, 5.41) is 2.63. The van der Waals surface area contributed by atoms with Crippen molar-refractivity contribution in [3.05, 3.63) is 53.6 Å². The van der Waals surface area contributed by atoms with E-state index >= 15 is 0 Å². The van der Waals surface area contributed by atoms with Gasteiger partial charge in [-0.15, -0.1) is 0 Å². The molecule has 0 aromatic heterocycles. The van der Waals surface area contributed by atoms with Crippen molar-refractivity contribution in [1.82, 2.24) is 0 Å². The minimum atomic E-state index is -0.0271. The zero-order valence-electron chi connectivity index (χ0n) is 13.5. The highest BCUT2D eigenvalue weighted by Gasteiger charge is 2.52. The largest absolute Gasteiger partial charge is 0.300 e. The van der Waals surface area contributed by atoms with E-state index in [0.29, 0.717) is 17.6 Å². The average molecular weight is 290 g/mol. The number of carbonyl (C=O) groups is 1. The van der Waals surface area contributed by atoms with E-state index in [4.69, 9.17) is 0 Å². The van der Waals surface area contributed by atoms with E-state index in [0.717, 1.165) is 6.42 Å². The van der Waals surface area contributed by atoms with Crippen LogP contribution in [0.25, 0.3) is 16.8 Å². The Labute approximate surface area is 132 Å². The first-order chi connectivity index (χ1) is 10.5. The lowest BCUT2D eigenvalue weighted by molar-refractivity contribution is -0.124. The van der Waals surface area contributed by atoms with Crippen LogP contribution >= 0.6 is 0 Å². The summed E-state index contributed by atoms with van der Waals surface area (Å²) in [4.78, 5) is 12.2. The molecule has 0 saturated heterocycles. The lowest BCUT2D eigenvalue weighted by atomic mass is 9.65. The van der Waals surface area contributed by atoms with Crippen molar-refractivity contribution in [1.29, 1.82) is 0 Å². The predicted molar refractivity (Wildman–Crippen MR) is 91.8 cm³/mol. The molecule has 22 heavy (non-hydrogen) atoms. The molecule has 112 valence electrons. The third kappa shape index (κ3) is 1.68. The summed E-state index contributed by atoms with van der Waals surface area (Å²) in [6.07, 6.45) is 5.70. The minimum absolute atomic E-state index is 0.0271. The topological polar surface area (TPSA) is 17.1 Å². The van der Waals surface area contributed by atoms with Gasteiger partial charge in [0.2, 0.25) is 0 Å². The molecule has 0 spiro atoms. The molecule has 2 aromatic carbocycles. The summed E-state index contributed by atoms with van der Waals surface area (Å²) >= 11 is 0. The van der Waals surface area contributed by atoms with E-state index in [1.165, 1.54) is 21.9 Å². The molecule has 0 N–H and O–H groups in total. The second kappa shape index (κ2) is 4.55. The van der Waals surface area contributed by atoms with E-state index in [-0.39, 0.29) is 11.3 Å². The van der Waals surface area contributed by atoms with Gasteiger partial charge in [0.25, 0.3) is 0 Å². The van der Waals surface area contributed by atoms with Crippen LogP contribution in [-0.4, -0.2) is 5.78 Å². The van der Waals surface area contributed by atoms with Crippen LogP contribution < -0.4 is 0 Å². The summed E-state index contributed by atoms with van der Waals surface area (Å²) in [7, 11) is 0. The van der Waals surface area contributed by atoms with Crippen LogP contribution in [0.3, 0.4) is 0 Å². The lowest BCUT2D eigenvalue weighted by Gasteiger charge is -2.37. The maximum Gasteiger partial charge on any atom is 0.134 e. The molecule has 0 heterocycles. The van der Waals surface area contributed by atoms with Crippen molar-refractivity contribution >= 4 is 22.6 Å². The number of hydrogen-bond acceptors (Lipinski definition) is 1. The Hall–Kier alpha value is -1.89. The van der Waals surface area contributed by atoms with Crippen LogP contribution in [0.2, 0.25) is 0 Å². The zero-order valence-corrected chi connectivity index (χ0v) is 13.5. The van der Waals surface area contributed by atoms with Crippen molar-refractivity contribution in [2.75, 3.05) is 0 Å². The Balaban J connectivity index is 1.94. The normalized spacial score (nSPS) is 32.8. The third-order valence-corrected chi connectivity index (χ3v) is 6.02. The molecule has 1 fully saturated rings. The zero-order chi connectivity index (χ0) is 15.5. The fraction of sp³-hybridized carbons (Fsp3) is 0.381. The SMILES string of the molecule is CC(=O)[C@H]1C(C)C[C@H]2c3ccc4ccccc4c3C=C[C@@]21C. The van der Waals surface area contributed by atoms with Gasteiger partial charge in [-0.2, -0.15) is 0 Å². The fourth-order valence-corrected chi connectivity index (χ4v) is 5.18. The molecule has 1 unspecified atom stereocenters. The summed E-state index contributed by atoms with van der Waals surface area (Å²) in [6.45, 7) is 6.28. The Kier molecular flexibility index (Phi) is 2.84. The lowest BCUT2D eigenvalue weighted by Crippen LogP contribution is -2.33. The first-order valence-corrected chi connectivity index (χ1v) is 8.23. The van der Waals surface area contributed by atoms with Crippen LogP contribution in [0.15, 0.2) is 42.5 Å². The van der Waals surface area contributed by atoms with Gasteiger partial charge in [-0.3, -0.25) is 4.79 Å². The maximum atomic E-state index is 12.2. The number of benzene rings is 2. The number of carbonyl (C=O) groups excluding carboxylic acids is 1. The summed E-state index contributed by atoms with van der Waals surface area (Å²) in [5.74, 6) is 1.40. The molecule has 2 aliphatic rings. The molecule has 4 rings (SSSR count). The van der Waals surface area contributed by atoms with Gasteiger partial charge in [-0.1, -0.05) is 62.4 Å². The highest BCUT2D eigenvalue weighted by atomic mass is 16.1. The first kappa shape index (κ1) is 13.8. The van der Waals surface area contributed by atoms with E-state index in [9.17, 15) is 4.79 Å². The molecule has 0 radical (unpaired) electrons. The summed E-state index contributed by atoms with van der Waals surface area (Å²) in [5.41, 5.74) is 2.76. The van der Waals surface area contributed by atoms with Crippen molar-refractivity contribution in [2.24, 2.45) is 17.3 Å². The van der Waals surface area contributed by atoms with E-state index in [1.54, 1.807) is 6.92 Å². The quantitative estimate of drug-likeness (QED) is 0.705. The highest BCUT2D eigenvalue weighted by molar-refractivity contribution is 5.93. The van der Waals surface area contributed by atoms with Gasteiger partial charge in [0.05, 0.1) is 0 Å². The standard InChI is InChI=1S/C21H22O/c1-13-12-19-18-9-8-15-6-4-5-7-16(15)17(18)10-11-21(19,3)20(13)14(2)22/h4-11,13,19-20H,12H2,1-3H3/t13?,19-,20+,21-/m0/s1. The van der Waals surface area contributed by atoms with Crippen LogP contribution in [0, 0.1) is 17.3 Å². The predicted octanol–water partition coefficient (Wildman–Crippen LogP) is 5.20. The van der Waals surface area contributed by atoms with Gasteiger partial charge in [-0.05, 0) is 47.1 Å². The molecule has 1 nitrogen and oxygen atoms in total. The minimum Gasteiger partial charge on any atom is -0.300 e. The van der Waals surface area contributed by atoms with E-state index in [2.05, 4.69) is 62.4 Å². The summed E-state index contributed by atoms with van der Waals surface area (Å²) in [6, 6.07) is 13.1. The number of rotatable bonds is 1. The molecule has 2 aromatic rings. The number of fused-ring (bicyclic) bond motifs is 5. The number of Topliss-reactive ketones (excluding diaryl/α,β-unsaturated/α-hetero) is 1. The van der Waals surface area contributed by atoms with Crippen molar-refractivity contribution in [2.45, 2.75) is 33.1 Å². The van der Waals surface area contributed by atoms with E-state index in [1.807, 2.05) is 0 Å². The van der Waals surface area contributed by atoms with Crippen molar-refractivity contribution < 1.29 is 4.79 Å². The molecular weight excluding hydrogens is 268 g/mol. The maximum absolute atomic E-state index is 12.2.